The summed E-state index contributed by atoms with van der Waals surface area (Å²) in [7, 11) is 0. The summed E-state index contributed by atoms with van der Waals surface area (Å²) >= 11 is 2.91. The standard InChI is InChI=1S/C22H25N3O2S2/c1-14(26)23-17(19-6-5-11-28-19)12-20(27)25-21-24-18(13-29-21)15-7-9-16(10-8-15)22(2,3)4/h5-11,13,17H,12H2,1-4H3,(H,23,26)(H,24,25,27)/t17-/m0/s1. The van der Waals surface area contributed by atoms with Gasteiger partial charge >= 0.3 is 0 Å². The molecule has 0 saturated heterocycles. The molecule has 152 valence electrons. The Balaban J connectivity index is 1.66. The molecule has 0 saturated carbocycles. The fourth-order valence-electron chi connectivity index (χ4n) is 2.92. The fraction of sp³-hybridized carbons (Fsp3) is 0.318. The maximum Gasteiger partial charge on any atom is 0.228 e. The summed E-state index contributed by atoms with van der Waals surface area (Å²) in [5.41, 5.74) is 3.22. The van der Waals surface area contributed by atoms with Gasteiger partial charge in [0.25, 0.3) is 0 Å². The fourth-order valence-corrected chi connectivity index (χ4v) is 4.43. The molecule has 2 N–H and O–H groups in total. The molecule has 3 aromatic rings. The lowest BCUT2D eigenvalue weighted by atomic mass is 9.86. The van der Waals surface area contributed by atoms with Crippen molar-refractivity contribution in [1.29, 1.82) is 0 Å². The minimum absolute atomic E-state index is 0.104. The number of benzene rings is 1. The maximum atomic E-state index is 12.5. The van der Waals surface area contributed by atoms with Crippen LogP contribution in [0.5, 0.6) is 0 Å². The van der Waals surface area contributed by atoms with E-state index in [1.165, 1.54) is 35.2 Å². The maximum absolute atomic E-state index is 12.5. The van der Waals surface area contributed by atoms with E-state index in [0.717, 1.165) is 16.1 Å². The van der Waals surface area contributed by atoms with Crippen molar-refractivity contribution in [2.45, 2.75) is 45.6 Å². The lowest BCUT2D eigenvalue weighted by Crippen LogP contribution is -2.29. The third-order valence-electron chi connectivity index (χ3n) is 4.45. The first kappa shape index (κ1) is 21.2. The Bertz CT molecular complexity index is 970. The molecule has 0 bridgehead atoms. The summed E-state index contributed by atoms with van der Waals surface area (Å²) in [5, 5.41) is 10.1. The number of anilines is 1. The van der Waals surface area contributed by atoms with Gasteiger partial charge in [0.05, 0.1) is 18.2 Å². The first-order valence-electron chi connectivity index (χ1n) is 9.39. The van der Waals surface area contributed by atoms with Crippen molar-refractivity contribution in [2.75, 3.05) is 5.32 Å². The van der Waals surface area contributed by atoms with Gasteiger partial charge in [-0.3, -0.25) is 9.59 Å². The zero-order valence-corrected chi connectivity index (χ0v) is 18.6. The largest absolute Gasteiger partial charge is 0.348 e. The molecule has 29 heavy (non-hydrogen) atoms. The zero-order valence-electron chi connectivity index (χ0n) is 17.0. The van der Waals surface area contributed by atoms with Gasteiger partial charge in [-0.15, -0.1) is 22.7 Å². The normalized spacial score (nSPS) is 12.4. The van der Waals surface area contributed by atoms with Crippen molar-refractivity contribution < 1.29 is 9.59 Å². The van der Waals surface area contributed by atoms with Gasteiger partial charge in [0.2, 0.25) is 11.8 Å². The number of hydrogen-bond acceptors (Lipinski definition) is 5. The number of rotatable bonds is 6. The predicted octanol–water partition coefficient (Wildman–Crippen LogP) is 5.38. The van der Waals surface area contributed by atoms with Crippen molar-refractivity contribution in [3.63, 3.8) is 0 Å². The molecule has 0 unspecified atom stereocenters. The first-order valence-corrected chi connectivity index (χ1v) is 11.1. The minimum Gasteiger partial charge on any atom is -0.348 e. The van der Waals surface area contributed by atoms with Crippen molar-refractivity contribution >= 4 is 39.6 Å². The van der Waals surface area contributed by atoms with Crippen LogP contribution in [0.2, 0.25) is 0 Å². The number of carbonyl (C=O) groups excluding carboxylic acids is 2. The highest BCUT2D eigenvalue weighted by molar-refractivity contribution is 7.14. The molecule has 5 nitrogen and oxygen atoms in total. The average molecular weight is 428 g/mol. The van der Waals surface area contributed by atoms with Crippen LogP contribution in [0.3, 0.4) is 0 Å². The van der Waals surface area contributed by atoms with Gasteiger partial charge in [0.15, 0.2) is 5.13 Å². The molecule has 7 heteroatoms. The van der Waals surface area contributed by atoms with Gasteiger partial charge in [-0.1, -0.05) is 51.1 Å². The molecular formula is C22H25N3O2S2. The predicted molar refractivity (Wildman–Crippen MR) is 120 cm³/mol. The van der Waals surface area contributed by atoms with Crippen LogP contribution >= 0.6 is 22.7 Å². The van der Waals surface area contributed by atoms with E-state index in [0.29, 0.717) is 5.13 Å². The highest BCUT2D eigenvalue weighted by Crippen LogP contribution is 2.29. The molecular weight excluding hydrogens is 402 g/mol. The summed E-state index contributed by atoms with van der Waals surface area (Å²) in [6.07, 6.45) is 0.162. The Morgan fingerprint density at radius 3 is 2.41 bits per heavy atom. The molecule has 1 aromatic carbocycles. The smallest absolute Gasteiger partial charge is 0.228 e. The van der Waals surface area contributed by atoms with E-state index in [1.54, 1.807) is 0 Å². The Morgan fingerprint density at radius 1 is 1.10 bits per heavy atom. The summed E-state index contributed by atoms with van der Waals surface area (Å²) in [6, 6.07) is 11.8. The highest BCUT2D eigenvalue weighted by atomic mass is 32.1. The molecule has 0 aliphatic heterocycles. The van der Waals surface area contributed by atoms with Crippen LogP contribution in [0, 0.1) is 0 Å². The number of nitrogens with zero attached hydrogens (tertiary/aromatic N) is 1. The van der Waals surface area contributed by atoms with Crippen LogP contribution in [0.15, 0.2) is 47.2 Å². The molecule has 2 amide bonds. The van der Waals surface area contributed by atoms with Crippen LogP contribution in [-0.2, 0) is 15.0 Å². The number of nitrogens with one attached hydrogen (secondary N) is 2. The molecule has 1 atom stereocenters. The van der Waals surface area contributed by atoms with Crippen LogP contribution in [0.1, 0.15) is 50.6 Å². The first-order chi connectivity index (χ1) is 13.7. The zero-order chi connectivity index (χ0) is 21.0. The number of aromatic nitrogens is 1. The SMILES string of the molecule is CC(=O)N[C@@H](CC(=O)Nc1nc(-c2ccc(C(C)(C)C)cc2)cs1)c1cccs1. The number of carbonyl (C=O) groups is 2. The molecule has 0 aliphatic carbocycles. The quantitative estimate of drug-likeness (QED) is 0.555. The van der Waals surface area contributed by atoms with Gasteiger partial charge in [-0.2, -0.15) is 0 Å². The highest BCUT2D eigenvalue weighted by Gasteiger charge is 2.19. The van der Waals surface area contributed by atoms with E-state index in [2.05, 4.69) is 60.7 Å². The van der Waals surface area contributed by atoms with Gasteiger partial charge in [-0.05, 0) is 22.4 Å². The van der Waals surface area contributed by atoms with E-state index in [1.807, 2.05) is 22.9 Å². The van der Waals surface area contributed by atoms with Gasteiger partial charge < -0.3 is 10.6 Å². The summed E-state index contributed by atoms with van der Waals surface area (Å²) < 4.78 is 0. The summed E-state index contributed by atoms with van der Waals surface area (Å²) in [4.78, 5) is 29.5. The molecule has 0 spiro atoms. The Morgan fingerprint density at radius 2 is 1.83 bits per heavy atom. The van der Waals surface area contributed by atoms with E-state index >= 15 is 0 Å². The third kappa shape index (κ3) is 5.74. The van der Waals surface area contributed by atoms with Gasteiger partial charge in [0.1, 0.15) is 0 Å². The average Bonchev–Trinajstić information content (AvgIpc) is 3.32. The minimum atomic E-state index is -0.336. The molecule has 2 heterocycles. The third-order valence-corrected chi connectivity index (χ3v) is 6.19. The van der Waals surface area contributed by atoms with Crippen molar-refractivity contribution in [3.05, 3.63) is 57.6 Å². The second-order valence-corrected chi connectivity index (χ2v) is 9.72. The second-order valence-electron chi connectivity index (χ2n) is 7.89. The lowest BCUT2D eigenvalue weighted by molar-refractivity contribution is -0.120. The molecule has 2 aromatic heterocycles. The van der Waals surface area contributed by atoms with Crippen LogP contribution in [0.4, 0.5) is 5.13 Å². The van der Waals surface area contributed by atoms with E-state index < -0.39 is 0 Å². The molecule has 0 aliphatic rings. The Labute approximate surface area is 179 Å². The number of hydrogen-bond donors (Lipinski definition) is 2. The summed E-state index contributed by atoms with van der Waals surface area (Å²) in [6.45, 7) is 8.01. The topological polar surface area (TPSA) is 71.1 Å². The number of amides is 2. The van der Waals surface area contributed by atoms with Crippen LogP contribution in [-0.4, -0.2) is 16.8 Å². The summed E-state index contributed by atoms with van der Waals surface area (Å²) in [5.74, 6) is -0.340. The molecule has 3 rings (SSSR count). The number of thiazole rings is 1. The Kier molecular flexibility index (Phi) is 6.49. The van der Waals surface area contributed by atoms with Crippen molar-refractivity contribution in [3.8, 4) is 11.3 Å². The monoisotopic (exact) mass is 427 g/mol. The Hall–Kier alpha value is -2.51. The molecule has 0 fully saturated rings. The molecule has 0 radical (unpaired) electrons. The second kappa shape index (κ2) is 8.88. The van der Waals surface area contributed by atoms with E-state index in [9.17, 15) is 9.59 Å². The van der Waals surface area contributed by atoms with Crippen LogP contribution < -0.4 is 10.6 Å². The van der Waals surface area contributed by atoms with Gasteiger partial charge in [-0.25, -0.2) is 4.98 Å². The number of thiophene rings is 1. The van der Waals surface area contributed by atoms with Crippen LogP contribution in [0.25, 0.3) is 11.3 Å². The van der Waals surface area contributed by atoms with Gasteiger partial charge in [0, 0.05) is 22.7 Å². The van der Waals surface area contributed by atoms with Crippen molar-refractivity contribution in [2.24, 2.45) is 0 Å². The lowest BCUT2D eigenvalue weighted by Gasteiger charge is -2.18. The van der Waals surface area contributed by atoms with E-state index in [-0.39, 0.29) is 29.7 Å². The van der Waals surface area contributed by atoms with Crippen molar-refractivity contribution in [1.82, 2.24) is 10.3 Å². The van der Waals surface area contributed by atoms with E-state index in [4.69, 9.17) is 0 Å².